The Labute approximate surface area is 117 Å². The average Bonchev–Trinajstić information content (AvgIpc) is 2.33. The zero-order chi connectivity index (χ0) is 13.2. The molecule has 4 heteroatoms. The van der Waals surface area contributed by atoms with Gasteiger partial charge >= 0.3 is 0 Å². The summed E-state index contributed by atoms with van der Waals surface area (Å²) in [5, 5.41) is 0. The molecule has 1 aromatic carbocycles. The standard InChI is InChI=1S/C14H21BrN2O/c1-14(2)10-18-6-5-17(14)9-12-4-3-11(8-16)7-13(12)15/h3-4,7H,5-6,8-10,16H2,1-2H3. The van der Waals surface area contributed by atoms with Crippen LogP contribution in [0.2, 0.25) is 0 Å². The Morgan fingerprint density at radius 3 is 2.83 bits per heavy atom. The van der Waals surface area contributed by atoms with Gasteiger partial charge in [0.05, 0.1) is 13.2 Å². The second kappa shape index (κ2) is 5.70. The summed E-state index contributed by atoms with van der Waals surface area (Å²) < 4.78 is 6.70. The van der Waals surface area contributed by atoms with Crippen molar-refractivity contribution in [1.82, 2.24) is 4.90 Å². The van der Waals surface area contributed by atoms with Crippen molar-refractivity contribution >= 4 is 15.9 Å². The second-order valence-corrected chi connectivity index (χ2v) is 6.27. The third kappa shape index (κ3) is 3.12. The molecule has 0 unspecified atom stereocenters. The molecule has 0 atom stereocenters. The highest BCUT2D eigenvalue weighted by atomic mass is 79.9. The quantitative estimate of drug-likeness (QED) is 0.932. The molecule has 2 N–H and O–H groups in total. The van der Waals surface area contributed by atoms with E-state index in [2.05, 4.69) is 52.9 Å². The number of ether oxygens (including phenoxy) is 1. The summed E-state index contributed by atoms with van der Waals surface area (Å²) in [5.41, 5.74) is 8.22. The van der Waals surface area contributed by atoms with Crippen LogP contribution in [0.1, 0.15) is 25.0 Å². The zero-order valence-electron chi connectivity index (χ0n) is 11.1. The Balaban J connectivity index is 2.13. The highest BCUT2D eigenvalue weighted by Crippen LogP contribution is 2.25. The van der Waals surface area contributed by atoms with E-state index in [0.29, 0.717) is 6.54 Å². The molecular weight excluding hydrogens is 292 g/mol. The van der Waals surface area contributed by atoms with E-state index in [1.165, 1.54) is 5.56 Å². The van der Waals surface area contributed by atoms with Crippen LogP contribution in [0, 0.1) is 0 Å². The molecule has 0 aromatic heterocycles. The van der Waals surface area contributed by atoms with Crippen LogP contribution in [0.25, 0.3) is 0 Å². The van der Waals surface area contributed by atoms with E-state index in [0.717, 1.165) is 36.3 Å². The van der Waals surface area contributed by atoms with Gasteiger partial charge in [-0.25, -0.2) is 0 Å². The minimum atomic E-state index is 0.101. The van der Waals surface area contributed by atoms with Crippen LogP contribution in [-0.2, 0) is 17.8 Å². The van der Waals surface area contributed by atoms with Gasteiger partial charge in [-0.05, 0) is 31.0 Å². The minimum Gasteiger partial charge on any atom is -0.378 e. The summed E-state index contributed by atoms with van der Waals surface area (Å²) >= 11 is 3.64. The van der Waals surface area contributed by atoms with Crippen LogP contribution < -0.4 is 5.73 Å². The van der Waals surface area contributed by atoms with E-state index >= 15 is 0 Å². The lowest BCUT2D eigenvalue weighted by molar-refractivity contribution is -0.0553. The maximum Gasteiger partial charge on any atom is 0.0645 e. The molecule has 0 radical (unpaired) electrons. The fraction of sp³-hybridized carbons (Fsp3) is 0.571. The van der Waals surface area contributed by atoms with E-state index in [4.69, 9.17) is 10.5 Å². The zero-order valence-corrected chi connectivity index (χ0v) is 12.7. The molecule has 3 nitrogen and oxygen atoms in total. The number of halogens is 1. The summed E-state index contributed by atoms with van der Waals surface area (Å²) in [6, 6.07) is 6.38. The van der Waals surface area contributed by atoms with Crippen molar-refractivity contribution in [1.29, 1.82) is 0 Å². The van der Waals surface area contributed by atoms with Crippen molar-refractivity contribution in [2.24, 2.45) is 5.73 Å². The predicted octanol–water partition coefficient (Wildman–Crippen LogP) is 2.52. The monoisotopic (exact) mass is 312 g/mol. The molecule has 1 fully saturated rings. The maximum atomic E-state index is 5.65. The smallest absolute Gasteiger partial charge is 0.0645 e. The van der Waals surface area contributed by atoms with Crippen molar-refractivity contribution in [2.75, 3.05) is 19.8 Å². The lowest BCUT2D eigenvalue weighted by Gasteiger charge is -2.42. The van der Waals surface area contributed by atoms with Gasteiger partial charge < -0.3 is 10.5 Å². The topological polar surface area (TPSA) is 38.5 Å². The van der Waals surface area contributed by atoms with E-state index in [1.54, 1.807) is 0 Å². The van der Waals surface area contributed by atoms with E-state index in [-0.39, 0.29) is 5.54 Å². The fourth-order valence-corrected chi connectivity index (χ4v) is 2.79. The first-order valence-electron chi connectivity index (χ1n) is 6.33. The van der Waals surface area contributed by atoms with Crippen LogP contribution in [0.3, 0.4) is 0 Å². The maximum absolute atomic E-state index is 5.65. The summed E-state index contributed by atoms with van der Waals surface area (Å²) in [6.45, 7) is 8.60. The molecule has 2 rings (SSSR count). The van der Waals surface area contributed by atoms with Crippen LogP contribution in [0.5, 0.6) is 0 Å². The lowest BCUT2D eigenvalue weighted by Crippen LogP contribution is -2.52. The van der Waals surface area contributed by atoms with Crippen LogP contribution in [0.15, 0.2) is 22.7 Å². The Hall–Kier alpha value is -0.420. The Morgan fingerprint density at radius 1 is 1.44 bits per heavy atom. The van der Waals surface area contributed by atoms with Crippen LogP contribution >= 0.6 is 15.9 Å². The van der Waals surface area contributed by atoms with Gasteiger partial charge in [0.25, 0.3) is 0 Å². The summed E-state index contributed by atoms with van der Waals surface area (Å²) in [4.78, 5) is 2.47. The fourth-order valence-electron chi connectivity index (χ4n) is 2.24. The van der Waals surface area contributed by atoms with Gasteiger partial charge in [-0.1, -0.05) is 28.1 Å². The first kappa shape index (κ1) is 14.0. The van der Waals surface area contributed by atoms with Gasteiger partial charge in [0.2, 0.25) is 0 Å². The molecule has 0 spiro atoms. The molecule has 1 heterocycles. The third-order valence-electron chi connectivity index (χ3n) is 3.53. The third-order valence-corrected chi connectivity index (χ3v) is 4.27. The van der Waals surface area contributed by atoms with E-state index in [9.17, 15) is 0 Å². The van der Waals surface area contributed by atoms with Crippen molar-refractivity contribution in [3.8, 4) is 0 Å². The molecule has 0 bridgehead atoms. The molecule has 0 aliphatic carbocycles. The van der Waals surface area contributed by atoms with E-state index < -0.39 is 0 Å². The normalized spacial score (nSPS) is 20.0. The Morgan fingerprint density at radius 2 is 2.22 bits per heavy atom. The highest BCUT2D eigenvalue weighted by molar-refractivity contribution is 9.10. The van der Waals surface area contributed by atoms with Crippen LogP contribution in [-0.4, -0.2) is 30.2 Å². The largest absolute Gasteiger partial charge is 0.378 e. The SMILES string of the molecule is CC1(C)COCCN1Cc1ccc(CN)cc1Br. The van der Waals surface area contributed by atoms with E-state index in [1.807, 2.05) is 0 Å². The molecule has 1 saturated heterocycles. The molecular formula is C14H21BrN2O. The lowest BCUT2D eigenvalue weighted by atomic mass is 10.0. The predicted molar refractivity (Wildman–Crippen MR) is 77.3 cm³/mol. The molecule has 1 aliphatic heterocycles. The molecule has 18 heavy (non-hydrogen) atoms. The molecule has 0 amide bonds. The number of nitrogens with zero attached hydrogens (tertiary/aromatic N) is 1. The first-order chi connectivity index (χ1) is 8.53. The molecule has 100 valence electrons. The Bertz CT molecular complexity index is 420. The number of hydrogen-bond acceptors (Lipinski definition) is 3. The molecule has 1 aromatic rings. The second-order valence-electron chi connectivity index (χ2n) is 5.42. The number of morpholine rings is 1. The van der Waals surface area contributed by atoms with Gasteiger partial charge in [0, 0.05) is 29.6 Å². The van der Waals surface area contributed by atoms with Crippen LogP contribution in [0.4, 0.5) is 0 Å². The van der Waals surface area contributed by atoms with Gasteiger partial charge in [-0.15, -0.1) is 0 Å². The highest BCUT2D eigenvalue weighted by Gasteiger charge is 2.30. The minimum absolute atomic E-state index is 0.101. The number of rotatable bonds is 3. The molecule has 0 saturated carbocycles. The number of hydrogen-bond donors (Lipinski definition) is 1. The van der Waals surface area contributed by atoms with Crippen molar-refractivity contribution < 1.29 is 4.74 Å². The van der Waals surface area contributed by atoms with Crippen molar-refractivity contribution in [2.45, 2.75) is 32.5 Å². The Kier molecular flexibility index (Phi) is 4.43. The summed E-state index contributed by atoms with van der Waals surface area (Å²) in [6.07, 6.45) is 0. The molecule has 1 aliphatic rings. The van der Waals surface area contributed by atoms with Gasteiger partial charge in [-0.3, -0.25) is 4.90 Å². The number of benzene rings is 1. The van der Waals surface area contributed by atoms with Gasteiger partial charge in [0.15, 0.2) is 0 Å². The van der Waals surface area contributed by atoms with Crippen molar-refractivity contribution in [3.63, 3.8) is 0 Å². The first-order valence-corrected chi connectivity index (χ1v) is 7.12. The summed E-state index contributed by atoms with van der Waals surface area (Å²) in [5.74, 6) is 0. The number of nitrogens with two attached hydrogens (primary N) is 1. The average molecular weight is 313 g/mol. The van der Waals surface area contributed by atoms with Gasteiger partial charge in [-0.2, -0.15) is 0 Å². The summed E-state index contributed by atoms with van der Waals surface area (Å²) in [7, 11) is 0. The van der Waals surface area contributed by atoms with Crippen molar-refractivity contribution in [3.05, 3.63) is 33.8 Å². The van der Waals surface area contributed by atoms with Gasteiger partial charge in [0.1, 0.15) is 0 Å².